The zero-order valence-corrected chi connectivity index (χ0v) is 19.9. The number of rotatable bonds is 8. The average molecular weight is 483 g/mol. The SMILES string of the molecule is CCOc1cc(C(=O)N2CCN(Cc3csc(-c4ccccc4)n3)CC2)c([N+](=O)[O-])cc1OC. The maximum Gasteiger partial charge on any atom is 0.286 e. The number of nitro groups is 1. The number of hydrogen-bond acceptors (Lipinski definition) is 8. The second kappa shape index (κ2) is 10.6. The summed E-state index contributed by atoms with van der Waals surface area (Å²) < 4.78 is 10.7. The number of hydrogen-bond donors (Lipinski definition) is 0. The van der Waals surface area contributed by atoms with Crippen LogP contribution in [0.15, 0.2) is 47.8 Å². The zero-order valence-electron chi connectivity index (χ0n) is 19.1. The third kappa shape index (κ3) is 5.18. The molecule has 0 N–H and O–H groups in total. The van der Waals surface area contributed by atoms with Crippen molar-refractivity contribution in [2.75, 3.05) is 39.9 Å². The molecule has 9 nitrogen and oxygen atoms in total. The van der Waals surface area contributed by atoms with Gasteiger partial charge in [-0.05, 0) is 6.92 Å². The van der Waals surface area contributed by atoms with Gasteiger partial charge in [0.25, 0.3) is 11.6 Å². The van der Waals surface area contributed by atoms with Crippen molar-refractivity contribution in [2.45, 2.75) is 13.5 Å². The lowest BCUT2D eigenvalue weighted by Crippen LogP contribution is -2.48. The van der Waals surface area contributed by atoms with Gasteiger partial charge in [-0.3, -0.25) is 19.8 Å². The first kappa shape index (κ1) is 23.7. The molecule has 1 saturated heterocycles. The van der Waals surface area contributed by atoms with E-state index in [1.165, 1.54) is 19.2 Å². The molecule has 0 spiro atoms. The highest BCUT2D eigenvalue weighted by atomic mass is 32.1. The Bertz CT molecular complexity index is 1160. The highest BCUT2D eigenvalue weighted by molar-refractivity contribution is 7.13. The van der Waals surface area contributed by atoms with Crippen molar-refractivity contribution in [3.63, 3.8) is 0 Å². The van der Waals surface area contributed by atoms with Gasteiger partial charge in [-0.1, -0.05) is 30.3 Å². The molecular formula is C24H26N4O5S. The standard InChI is InChI=1S/C24H26N4O5S/c1-3-33-22-13-19(20(28(30)31)14-21(22)32-2)24(29)27-11-9-26(10-12-27)15-18-16-34-23(25-18)17-7-5-4-6-8-17/h4-8,13-14,16H,3,9-12,15H2,1-2H3. The molecule has 0 atom stereocenters. The van der Waals surface area contributed by atoms with Crippen LogP contribution in [0.5, 0.6) is 11.5 Å². The summed E-state index contributed by atoms with van der Waals surface area (Å²) in [5.74, 6) is 0.165. The lowest BCUT2D eigenvalue weighted by Gasteiger charge is -2.34. The molecule has 0 saturated carbocycles. The van der Waals surface area contributed by atoms with Crippen LogP contribution in [0.3, 0.4) is 0 Å². The van der Waals surface area contributed by atoms with Crippen LogP contribution in [0.2, 0.25) is 0 Å². The Hall–Kier alpha value is -3.50. The van der Waals surface area contributed by atoms with Crippen LogP contribution in [0.25, 0.3) is 10.6 Å². The molecule has 178 valence electrons. The van der Waals surface area contributed by atoms with Crippen LogP contribution in [0, 0.1) is 10.1 Å². The third-order valence-electron chi connectivity index (χ3n) is 5.63. The first-order valence-electron chi connectivity index (χ1n) is 11.0. The fourth-order valence-electron chi connectivity index (χ4n) is 3.90. The monoisotopic (exact) mass is 482 g/mol. The number of thiazole rings is 1. The van der Waals surface area contributed by atoms with Crippen molar-refractivity contribution in [3.05, 3.63) is 69.2 Å². The van der Waals surface area contributed by atoms with Gasteiger partial charge in [0.15, 0.2) is 11.5 Å². The van der Waals surface area contributed by atoms with Gasteiger partial charge in [0.05, 0.1) is 30.4 Å². The van der Waals surface area contributed by atoms with Crippen LogP contribution >= 0.6 is 11.3 Å². The average Bonchev–Trinajstić information content (AvgIpc) is 3.33. The summed E-state index contributed by atoms with van der Waals surface area (Å²) >= 11 is 1.62. The maximum absolute atomic E-state index is 13.2. The normalized spacial score (nSPS) is 14.1. The number of ether oxygens (including phenoxy) is 2. The fourth-order valence-corrected chi connectivity index (χ4v) is 4.72. The van der Waals surface area contributed by atoms with Crippen molar-refractivity contribution >= 4 is 22.9 Å². The topological polar surface area (TPSA) is 98.0 Å². The first-order valence-corrected chi connectivity index (χ1v) is 11.9. The van der Waals surface area contributed by atoms with Crippen molar-refractivity contribution < 1.29 is 19.2 Å². The minimum atomic E-state index is -0.561. The van der Waals surface area contributed by atoms with Crippen LogP contribution < -0.4 is 9.47 Å². The molecule has 2 aromatic carbocycles. The van der Waals surface area contributed by atoms with E-state index >= 15 is 0 Å². The molecule has 1 amide bonds. The number of benzene rings is 2. The predicted molar refractivity (Wildman–Crippen MR) is 130 cm³/mol. The van der Waals surface area contributed by atoms with E-state index in [2.05, 4.69) is 10.3 Å². The number of amides is 1. The lowest BCUT2D eigenvalue weighted by molar-refractivity contribution is -0.385. The van der Waals surface area contributed by atoms with Gasteiger partial charge in [0.2, 0.25) is 0 Å². The minimum Gasteiger partial charge on any atom is -0.493 e. The van der Waals surface area contributed by atoms with E-state index in [-0.39, 0.29) is 22.9 Å². The largest absolute Gasteiger partial charge is 0.493 e. The van der Waals surface area contributed by atoms with E-state index in [1.54, 1.807) is 23.2 Å². The number of aromatic nitrogens is 1. The Morgan fingerprint density at radius 2 is 1.88 bits per heavy atom. The number of piperazine rings is 1. The molecule has 3 aromatic rings. The first-order chi connectivity index (χ1) is 16.5. The number of nitro benzene ring substituents is 1. The summed E-state index contributed by atoms with van der Waals surface area (Å²) in [6.45, 7) is 5.11. The van der Waals surface area contributed by atoms with Crippen molar-refractivity contribution in [1.82, 2.24) is 14.8 Å². The van der Waals surface area contributed by atoms with Crippen molar-refractivity contribution in [2.24, 2.45) is 0 Å². The molecule has 10 heteroatoms. The van der Waals surface area contributed by atoms with E-state index in [1.807, 2.05) is 30.3 Å². The molecule has 1 aliphatic rings. The third-order valence-corrected chi connectivity index (χ3v) is 6.57. The molecule has 2 heterocycles. The van der Waals surface area contributed by atoms with E-state index in [0.29, 0.717) is 45.1 Å². The maximum atomic E-state index is 13.2. The van der Waals surface area contributed by atoms with Gasteiger partial charge in [-0.15, -0.1) is 11.3 Å². The molecule has 34 heavy (non-hydrogen) atoms. The summed E-state index contributed by atoms with van der Waals surface area (Å²) in [5, 5.41) is 14.7. The van der Waals surface area contributed by atoms with Gasteiger partial charge in [-0.25, -0.2) is 4.98 Å². The Balaban J connectivity index is 1.42. The summed E-state index contributed by atoms with van der Waals surface area (Å²) in [5.41, 5.74) is 1.82. The summed E-state index contributed by atoms with van der Waals surface area (Å²) in [4.78, 5) is 32.9. The van der Waals surface area contributed by atoms with E-state index < -0.39 is 4.92 Å². The van der Waals surface area contributed by atoms with Crippen LogP contribution in [0.1, 0.15) is 23.0 Å². The highest BCUT2D eigenvalue weighted by Crippen LogP contribution is 2.35. The lowest BCUT2D eigenvalue weighted by atomic mass is 10.1. The number of nitrogens with zero attached hydrogens (tertiary/aromatic N) is 4. The number of carbonyl (C=O) groups excluding carboxylic acids is 1. The molecular weight excluding hydrogens is 456 g/mol. The van der Waals surface area contributed by atoms with Crippen molar-refractivity contribution in [1.29, 1.82) is 0 Å². The molecule has 0 bridgehead atoms. The van der Waals surface area contributed by atoms with Gasteiger partial charge >= 0.3 is 0 Å². The number of methoxy groups -OCH3 is 1. The quantitative estimate of drug-likeness (QED) is 0.352. The molecule has 0 radical (unpaired) electrons. The Morgan fingerprint density at radius 1 is 1.15 bits per heavy atom. The van der Waals surface area contributed by atoms with Gasteiger partial charge in [-0.2, -0.15) is 0 Å². The van der Waals surface area contributed by atoms with Gasteiger partial charge in [0.1, 0.15) is 10.6 Å². The second-order valence-corrected chi connectivity index (χ2v) is 8.65. The minimum absolute atomic E-state index is 0.00899. The van der Waals surface area contributed by atoms with Gasteiger partial charge in [0, 0.05) is 49.7 Å². The fraction of sp³-hybridized carbons (Fsp3) is 0.333. The summed E-state index contributed by atoms with van der Waals surface area (Å²) in [7, 11) is 1.41. The Morgan fingerprint density at radius 3 is 2.53 bits per heavy atom. The molecule has 4 rings (SSSR count). The highest BCUT2D eigenvalue weighted by Gasteiger charge is 2.30. The molecule has 0 unspecified atom stereocenters. The van der Waals surface area contributed by atoms with E-state index in [9.17, 15) is 14.9 Å². The Labute approximate surface area is 201 Å². The van der Waals surface area contributed by atoms with Crippen LogP contribution in [0.4, 0.5) is 5.69 Å². The second-order valence-electron chi connectivity index (χ2n) is 7.79. The summed E-state index contributed by atoms with van der Waals surface area (Å²) in [6.07, 6.45) is 0. The molecule has 1 aliphatic heterocycles. The molecule has 0 aliphatic carbocycles. The molecule has 1 fully saturated rings. The molecule has 1 aromatic heterocycles. The van der Waals surface area contributed by atoms with E-state index in [4.69, 9.17) is 14.5 Å². The number of carbonyl (C=O) groups is 1. The predicted octanol–water partition coefficient (Wildman–Crippen LogP) is 4.08. The summed E-state index contributed by atoms with van der Waals surface area (Å²) in [6, 6.07) is 12.7. The van der Waals surface area contributed by atoms with E-state index in [0.717, 1.165) is 16.3 Å². The van der Waals surface area contributed by atoms with Gasteiger partial charge < -0.3 is 14.4 Å². The Kier molecular flexibility index (Phi) is 7.39. The smallest absolute Gasteiger partial charge is 0.286 e. The zero-order chi connectivity index (χ0) is 24.1. The van der Waals surface area contributed by atoms with Crippen molar-refractivity contribution in [3.8, 4) is 22.1 Å². The van der Waals surface area contributed by atoms with Crippen LogP contribution in [-0.4, -0.2) is 65.5 Å². The van der Waals surface area contributed by atoms with Crippen LogP contribution in [-0.2, 0) is 6.54 Å².